The van der Waals surface area contributed by atoms with Gasteiger partial charge in [0.05, 0.1) is 34.6 Å². The van der Waals surface area contributed by atoms with Crippen LogP contribution in [0.4, 0.5) is 5.69 Å². The quantitative estimate of drug-likeness (QED) is 0.673. The van der Waals surface area contributed by atoms with E-state index >= 15 is 0 Å². The van der Waals surface area contributed by atoms with Gasteiger partial charge in [-0.15, -0.1) is 0 Å². The van der Waals surface area contributed by atoms with Gasteiger partial charge in [-0.05, 0) is 33.1 Å². The normalized spacial score (nSPS) is 21.9. The molecule has 3 heterocycles. The van der Waals surface area contributed by atoms with Gasteiger partial charge in [-0.1, -0.05) is 26.7 Å². The van der Waals surface area contributed by atoms with Gasteiger partial charge in [0.2, 0.25) is 5.91 Å². The van der Waals surface area contributed by atoms with E-state index in [1.54, 1.807) is 0 Å². The van der Waals surface area contributed by atoms with Gasteiger partial charge in [0.25, 0.3) is 0 Å². The number of amides is 1. The van der Waals surface area contributed by atoms with Crippen molar-refractivity contribution < 1.29 is 13.2 Å². The fraction of sp³-hybridized carbons (Fsp3) is 0.810. The molecule has 8 heteroatoms. The zero-order chi connectivity index (χ0) is 21.2. The van der Waals surface area contributed by atoms with Crippen molar-refractivity contribution in [2.24, 2.45) is 5.92 Å². The van der Waals surface area contributed by atoms with Crippen molar-refractivity contribution in [2.75, 3.05) is 42.6 Å². The van der Waals surface area contributed by atoms with Crippen molar-refractivity contribution in [1.29, 1.82) is 0 Å². The number of sulfone groups is 1. The van der Waals surface area contributed by atoms with Crippen LogP contribution in [0.15, 0.2) is 0 Å². The summed E-state index contributed by atoms with van der Waals surface area (Å²) in [6.45, 7) is 11.4. The minimum absolute atomic E-state index is 0.0563. The first-order chi connectivity index (χ1) is 13.8. The molecule has 0 bridgehead atoms. The van der Waals surface area contributed by atoms with Crippen LogP contribution in [0.25, 0.3) is 0 Å². The molecule has 2 fully saturated rings. The Balaban J connectivity index is 1.67. The Hall–Kier alpha value is -1.57. The van der Waals surface area contributed by atoms with Crippen LogP contribution < -0.4 is 4.90 Å². The lowest BCUT2D eigenvalue weighted by Crippen LogP contribution is -2.50. The largest absolute Gasteiger partial charge is 0.365 e. The van der Waals surface area contributed by atoms with Crippen molar-refractivity contribution in [3.8, 4) is 0 Å². The second-order valence-electron chi connectivity index (χ2n) is 8.61. The predicted molar refractivity (Wildman–Crippen MR) is 116 cm³/mol. The number of aromatic nitrogens is 2. The number of hydrogen-bond acceptors (Lipinski definition) is 5. The zero-order valence-corrected chi connectivity index (χ0v) is 19.2. The smallest absolute Gasteiger partial charge is 0.225 e. The number of nitrogens with zero attached hydrogens (tertiary/aromatic N) is 4. The van der Waals surface area contributed by atoms with E-state index < -0.39 is 9.84 Å². The molecule has 3 rings (SSSR count). The Kier molecular flexibility index (Phi) is 6.91. The molecule has 0 aliphatic carbocycles. The number of hydrogen-bond donors (Lipinski definition) is 0. The van der Waals surface area contributed by atoms with E-state index in [0.29, 0.717) is 12.3 Å². The highest BCUT2D eigenvalue weighted by molar-refractivity contribution is 7.91. The summed E-state index contributed by atoms with van der Waals surface area (Å²) in [7, 11) is -2.94. The molecule has 0 spiro atoms. The topological polar surface area (TPSA) is 75.5 Å². The molecular formula is C21H36N4O3S. The van der Waals surface area contributed by atoms with Gasteiger partial charge in [0.15, 0.2) is 9.84 Å². The molecular weight excluding hydrogens is 388 g/mol. The van der Waals surface area contributed by atoms with Crippen molar-refractivity contribution in [3.63, 3.8) is 0 Å². The number of rotatable bonds is 7. The van der Waals surface area contributed by atoms with E-state index in [0.717, 1.165) is 68.9 Å². The fourth-order valence-electron chi connectivity index (χ4n) is 4.93. The van der Waals surface area contributed by atoms with E-state index in [4.69, 9.17) is 5.10 Å². The molecule has 7 nitrogen and oxygen atoms in total. The van der Waals surface area contributed by atoms with Gasteiger partial charge in [0, 0.05) is 32.1 Å². The second kappa shape index (κ2) is 9.06. The minimum atomic E-state index is -2.94. The third-order valence-corrected chi connectivity index (χ3v) is 8.12. The van der Waals surface area contributed by atoms with E-state index in [1.807, 2.05) is 23.4 Å². The molecule has 1 aromatic rings. The molecule has 1 unspecified atom stereocenters. The van der Waals surface area contributed by atoms with Gasteiger partial charge in [-0.25, -0.2) is 8.42 Å². The molecule has 2 aliphatic heterocycles. The molecule has 0 saturated carbocycles. The Labute approximate surface area is 175 Å². The van der Waals surface area contributed by atoms with Crippen LogP contribution in [0.1, 0.15) is 63.4 Å². The van der Waals surface area contributed by atoms with Gasteiger partial charge < -0.3 is 9.80 Å². The van der Waals surface area contributed by atoms with Crippen molar-refractivity contribution in [1.82, 2.24) is 14.7 Å². The average molecular weight is 425 g/mol. The molecule has 2 saturated heterocycles. The fourth-order valence-corrected chi connectivity index (χ4v) is 6.62. The molecule has 1 amide bonds. The van der Waals surface area contributed by atoms with E-state index in [-0.39, 0.29) is 23.5 Å². The summed E-state index contributed by atoms with van der Waals surface area (Å²) in [5, 5.41) is 4.69. The van der Waals surface area contributed by atoms with Crippen molar-refractivity contribution in [3.05, 3.63) is 11.4 Å². The van der Waals surface area contributed by atoms with Crippen LogP contribution >= 0.6 is 0 Å². The summed E-state index contributed by atoms with van der Waals surface area (Å²) < 4.78 is 25.7. The lowest BCUT2D eigenvalue weighted by molar-refractivity contribution is -0.136. The lowest BCUT2D eigenvalue weighted by Gasteiger charge is -2.37. The molecule has 2 aliphatic rings. The monoisotopic (exact) mass is 424 g/mol. The molecule has 1 aromatic heterocycles. The van der Waals surface area contributed by atoms with Gasteiger partial charge in [-0.2, -0.15) is 5.10 Å². The second-order valence-corrected chi connectivity index (χ2v) is 10.8. The van der Waals surface area contributed by atoms with Crippen LogP contribution in [0, 0.1) is 19.8 Å². The molecule has 164 valence electrons. The molecule has 29 heavy (non-hydrogen) atoms. The average Bonchev–Trinajstić information content (AvgIpc) is 3.19. The van der Waals surface area contributed by atoms with Crippen LogP contribution in [0.5, 0.6) is 0 Å². The molecule has 0 N–H and O–H groups in total. The maximum Gasteiger partial charge on any atom is 0.225 e. The first kappa shape index (κ1) is 22.1. The summed E-state index contributed by atoms with van der Waals surface area (Å²) in [4.78, 5) is 17.3. The number of carbonyl (C=O) groups is 1. The van der Waals surface area contributed by atoms with Crippen LogP contribution in [-0.2, 0) is 14.6 Å². The number of aryl methyl sites for hydroxylation is 1. The summed E-state index contributed by atoms with van der Waals surface area (Å²) >= 11 is 0. The highest BCUT2D eigenvalue weighted by Gasteiger charge is 2.33. The first-order valence-corrected chi connectivity index (χ1v) is 12.9. The summed E-state index contributed by atoms with van der Waals surface area (Å²) in [6.07, 6.45) is 4.68. The van der Waals surface area contributed by atoms with Crippen molar-refractivity contribution >= 4 is 21.4 Å². The van der Waals surface area contributed by atoms with Gasteiger partial charge in [-0.3, -0.25) is 9.48 Å². The van der Waals surface area contributed by atoms with Crippen LogP contribution in [0.2, 0.25) is 0 Å². The van der Waals surface area contributed by atoms with E-state index in [9.17, 15) is 13.2 Å². The third kappa shape index (κ3) is 4.78. The maximum absolute atomic E-state index is 12.9. The number of piperazine rings is 1. The third-order valence-electron chi connectivity index (χ3n) is 6.37. The highest BCUT2D eigenvalue weighted by Crippen LogP contribution is 2.32. The Morgan fingerprint density at radius 1 is 1.10 bits per heavy atom. The van der Waals surface area contributed by atoms with E-state index in [2.05, 4.69) is 18.7 Å². The van der Waals surface area contributed by atoms with Gasteiger partial charge >= 0.3 is 0 Å². The number of carbonyl (C=O) groups excluding carboxylic acids is 1. The van der Waals surface area contributed by atoms with Crippen molar-refractivity contribution in [2.45, 2.75) is 65.8 Å². The number of anilines is 1. The summed E-state index contributed by atoms with van der Waals surface area (Å²) in [5.41, 5.74) is 3.10. The Bertz CT molecular complexity index is 819. The Morgan fingerprint density at radius 3 is 2.24 bits per heavy atom. The van der Waals surface area contributed by atoms with E-state index in [1.165, 1.54) is 0 Å². The molecule has 0 aromatic carbocycles. The molecule has 1 atom stereocenters. The summed E-state index contributed by atoms with van der Waals surface area (Å²) in [6, 6.07) is -0.0563. The first-order valence-electron chi connectivity index (χ1n) is 11.1. The SMILES string of the molecule is CCCC(CCC)C(=O)N1CCN(c2c(C)nn(C3CCS(=O)(=O)C3)c2C)CC1. The van der Waals surface area contributed by atoms with Gasteiger partial charge in [0.1, 0.15) is 0 Å². The molecule has 0 radical (unpaired) electrons. The maximum atomic E-state index is 12.9. The zero-order valence-electron chi connectivity index (χ0n) is 18.4. The lowest BCUT2D eigenvalue weighted by atomic mass is 9.96. The van der Waals surface area contributed by atoms with Crippen LogP contribution in [0.3, 0.4) is 0 Å². The minimum Gasteiger partial charge on any atom is -0.365 e. The summed E-state index contributed by atoms with van der Waals surface area (Å²) in [5.74, 6) is 0.913. The Morgan fingerprint density at radius 2 is 1.72 bits per heavy atom. The standard InChI is InChI=1S/C21H36N4O3S/c1-5-7-18(8-6-2)21(26)24-12-10-23(11-13-24)20-16(3)22-25(17(20)4)19-9-14-29(27,28)15-19/h18-19H,5-15H2,1-4H3. The predicted octanol–water partition coefficient (Wildman–Crippen LogP) is 2.72. The van der Waals surface area contributed by atoms with Crippen LogP contribution in [-0.4, -0.2) is 66.7 Å². The highest BCUT2D eigenvalue weighted by atomic mass is 32.2.